The van der Waals surface area contributed by atoms with Gasteiger partial charge in [-0.05, 0) is 31.0 Å². The van der Waals surface area contributed by atoms with Gasteiger partial charge in [-0.1, -0.05) is 12.8 Å². The van der Waals surface area contributed by atoms with Crippen molar-refractivity contribution < 1.29 is 0 Å². The Morgan fingerprint density at radius 3 is 2.88 bits per heavy atom. The molecule has 24 heavy (non-hydrogen) atoms. The number of aryl methyl sites for hydroxylation is 1. The third kappa shape index (κ3) is 2.66. The van der Waals surface area contributed by atoms with Gasteiger partial charge in [0.05, 0.1) is 17.3 Å². The van der Waals surface area contributed by atoms with E-state index in [2.05, 4.69) is 15.1 Å². The summed E-state index contributed by atoms with van der Waals surface area (Å²) in [4.78, 5) is 31.4. The van der Waals surface area contributed by atoms with Crippen LogP contribution in [0.2, 0.25) is 0 Å². The molecule has 1 saturated carbocycles. The Kier molecular flexibility index (Phi) is 3.76. The van der Waals surface area contributed by atoms with Gasteiger partial charge in [0, 0.05) is 25.4 Å². The highest BCUT2D eigenvalue weighted by molar-refractivity contribution is 5.71. The summed E-state index contributed by atoms with van der Waals surface area (Å²) in [6.45, 7) is 0.294. The van der Waals surface area contributed by atoms with E-state index in [-0.39, 0.29) is 11.1 Å². The molecule has 3 aromatic heterocycles. The summed E-state index contributed by atoms with van der Waals surface area (Å²) in [5, 5.41) is 4.60. The Morgan fingerprint density at radius 2 is 2.04 bits per heavy atom. The third-order valence-electron chi connectivity index (χ3n) is 4.70. The molecule has 1 aliphatic carbocycles. The topological polar surface area (TPSA) is 85.6 Å². The first kappa shape index (κ1) is 14.9. The summed E-state index contributed by atoms with van der Waals surface area (Å²) in [5.74, 6) is 0. The largest absolute Gasteiger partial charge is 0.328 e. The number of aromatic amines is 1. The number of hydrogen-bond acceptors (Lipinski definition) is 4. The van der Waals surface area contributed by atoms with Gasteiger partial charge in [-0.2, -0.15) is 5.10 Å². The molecule has 0 bridgehead atoms. The number of H-pyrrole nitrogens is 1. The molecule has 1 aliphatic rings. The van der Waals surface area contributed by atoms with E-state index in [1.54, 1.807) is 18.3 Å². The van der Waals surface area contributed by atoms with Gasteiger partial charge in [-0.25, -0.2) is 9.78 Å². The number of aromatic nitrogens is 5. The van der Waals surface area contributed by atoms with Crippen molar-refractivity contribution in [2.75, 3.05) is 0 Å². The second-order valence-electron chi connectivity index (χ2n) is 6.26. The molecule has 4 rings (SSSR count). The van der Waals surface area contributed by atoms with E-state index in [1.807, 2.05) is 16.9 Å². The van der Waals surface area contributed by atoms with Crippen molar-refractivity contribution in [3.63, 3.8) is 0 Å². The van der Waals surface area contributed by atoms with Crippen molar-refractivity contribution in [2.24, 2.45) is 0 Å². The summed E-state index contributed by atoms with van der Waals surface area (Å²) >= 11 is 0. The minimum absolute atomic E-state index is 0.286. The average molecular weight is 325 g/mol. The standard InChI is InChI=1S/C17H19N5O2/c23-16-15-14(6-3-9-18-15)19-17(24)21(16)10-7-12-8-11-22(20-12)13-4-1-2-5-13/h3,6,8-9,11,13H,1-2,4-5,7,10H2,(H,19,24). The Morgan fingerprint density at radius 1 is 1.21 bits per heavy atom. The lowest BCUT2D eigenvalue weighted by Gasteiger charge is -2.09. The summed E-state index contributed by atoms with van der Waals surface area (Å²) in [6.07, 6.45) is 8.97. The summed E-state index contributed by atoms with van der Waals surface area (Å²) in [5.41, 5.74) is 0.887. The number of hydrogen-bond donors (Lipinski definition) is 1. The van der Waals surface area contributed by atoms with Gasteiger partial charge in [0.25, 0.3) is 5.56 Å². The van der Waals surface area contributed by atoms with Crippen LogP contribution in [0.5, 0.6) is 0 Å². The lowest BCUT2D eigenvalue weighted by atomic mass is 10.3. The highest BCUT2D eigenvalue weighted by atomic mass is 16.2. The zero-order valence-corrected chi connectivity index (χ0v) is 13.3. The number of pyridine rings is 1. The van der Waals surface area contributed by atoms with Crippen molar-refractivity contribution in [3.8, 4) is 0 Å². The van der Waals surface area contributed by atoms with Gasteiger partial charge in [0.15, 0.2) is 5.52 Å². The maximum atomic E-state index is 12.4. The number of nitrogens with one attached hydrogen (secondary N) is 1. The normalized spacial score (nSPS) is 15.3. The van der Waals surface area contributed by atoms with Gasteiger partial charge in [-0.15, -0.1) is 0 Å². The second-order valence-corrected chi connectivity index (χ2v) is 6.26. The first-order valence-corrected chi connectivity index (χ1v) is 8.34. The van der Waals surface area contributed by atoms with Gasteiger partial charge in [0.1, 0.15) is 0 Å². The molecule has 3 aromatic rings. The number of rotatable bonds is 4. The van der Waals surface area contributed by atoms with Gasteiger partial charge in [0.2, 0.25) is 0 Å². The van der Waals surface area contributed by atoms with E-state index in [9.17, 15) is 9.59 Å². The van der Waals surface area contributed by atoms with Crippen molar-refractivity contribution in [1.29, 1.82) is 0 Å². The minimum Gasteiger partial charge on any atom is -0.305 e. The van der Waals surface area contributed by atoms with E-state index < -0.39 is 5.69 Å². The first-order valence-electron chi connectivity index (χ1n) is 8.34. The van der Waals surface area contributed by atoms with Crippen LogP contribution in [-0.4, -0.2) is 24.3 Å². The Balaban J connectivity index is 1.57. The third-order valence-corrected chi connectivity index (χ3v) is 4.70. The molecule has 0 aliphatic heterocycles. The lowest BCUT2D eigenvalue weighted by molar-refractivity contribution is 0.461. The monoisotopic (exact) mass is 325 g/mol. The molecule has 0 saturated heterocycles. The molecule has 1 fully saturated rings. The molecule has 7 heteroatoms. The van der Waals surface area contributed by atoms with Crippen LogP contribution in [0.15, 0.2) is 40.2 Å². The zero-order chi connectivity index (χ0) is 16.5. The maximum absolute atomic E-state index is 12.4. The molecule has 0 aromatic carbocycles. The van der Waals surface area contributed by atoms with E-state index in [4.69, 9.17) is 0 Å². The molecule has 0 spiro atoms. The minimum atomic E-state index is -0.407. The molecule has 0 radical (unpaired) electrons. The molecule has 0 atom stereocenters. The average Bonchev–Trinajstić information content (AvgIpc) is 3.26. The van der Waals surface area contributed by atoms with Crippen LogP contribution in [0.4, 0.5) is 0 Å². The Bertz CT molecular complexity index is 978. The van der Waals surface area contributed by atoms with Crippen LogP contribution in [0.1, 0.15) is 37.4 Å². The smallest absolute Gasteiger partial charge is 0.305 e. The zero-order valence-electron chi connectivity index (χ0n) is 13.3. The lowest BCUT2D eigenvalue weighted by Crippen LogP contribution is -2.36. The van der Waals surface area contributed by atoms with E-state index in [0.29, 0.717) is 24.5 Å². The van der Waals surface area contributed by atoms with Gasteiger partial charge < -0.3 is 4.98 Å². The number of fused-ring (bicyclic) bond motifs is 1. The molecule has 124 valence electrons. The predicted molar refractivity (Wildman–Crippen MR) is 90.1 cm³/mol. The fraction of sp³-hybridized carbons (Fsp3) is 0.412. The molecular weight excluding hydrogens is 306 g/mol. The quantitative estimate of drug-likeness (QED) is 0.790. The number of nitrogens with zero attached hydrogens (tertiary/aromatic N) is 4. The van der Waals surface area contributed by atoms with Crippen LogP contribution < -0.4 is 11.2 Å². The summed E-state index contributed by atoms with van der Waals surface area (Å²) < 4.78 is 3.22. The Labute approximate surface area is 138 Å². The highest BCUT2D eigenvalue weighted by Gasteiger charge is 2.17. The van der Waals surface area contributed by atoms with Crippen LogP contribution in [0.25, 0.3) is 11.0 Å². The molecule has 0 amide bonds. The van der Waals surface area contributed by atoms with Crippen LogP contribution in [0.3, 0.4) is 0 Å². The van der Waals surface area contributed by atoms with Gasteiger partial charge >= 0.3 is 5.69 Å². The van der Waals surface area contributed by atoms with E-state index >= 15 is 0 Å². The maximum Gasteiger partial charge on any atom is 0.328 e. The first-order chi connectivity index (χ1) is 11.7. The molecule has 7 nitrogen and oxygen atoms in total. The van der Waals surface area contributed by atoms with Crippen molar-refractivity contribution in [2.45, 2.75) is 44.7 Å². The molecular formula is C17H19N5O2. The summed E-state index contributed by atoms with van der Waals surface area (Å²) in [7, 11) is 0. The van der Waals surface area contributed by atoms with Crippen molar-refractivity contribution >= 4 is 11.0 Å². The van der Waals surface area contributed by atoms with Crippen molar-refractivity contribution in [3.05, 3.63) is 57.1 Å². The van der Waals surface area contributed by atoms with E-state index in [0.717, 1.165) is 5.69 Å². The molecule has 3 heterocycles. The SMILES string of the molecule is O=c1[nH]c2cccnc2c(=O)n1CCc1ccn(C2CCCC2)n1. The van der Waals surface area contributed by atoms with Crippen LogP contribution >= 0.6 is 0 Å². The fourth-order valence-electron chi connectivity index (χ4n) is 3.39. The second kappa shape index (κ2) is 6.07. The fourth-order valence-corrected chi connectivity index (χ4v) is 3.39. The molecule has 1 N–H and O–H groups in total. The van der Waals surface area contributed by atoms with Crippen LogP contribution in [-0.2, 0) is 13.0 Å². The Hall–Kier alpha value is -2.70. The van der Waals surface area contributed by atoms with Gasteiger partial charge in [-0.3, -0.25) is 14.0 Å². The molecule has 0 unspecified atom stereocenters. The highest BCUT2D eigenvalue weighted by Crippen LogP contribution is 2.28. The predicted octanol–water partition coefficient (Wildman–Crippen LogP) is 1.64. The van der Waals surface area contributed by atoms with Crippen LogP contribution in [0, 0.1) is 0 Å². The van der Waals surface area contributed by atoms with E-state index in [1.165, 1.54) is 30.3 Å². The summed E-state index contributed by atoms with van der Waals surface area (Å²) in [6, 6.07) is 5.84. The van der Waals surface area contributed by atoms with Crippen molar-refractivity contribution in [1.82, 2.24) is 24.3 Å².